The fraction of sp³-hybridized carbons (Fsp3) is 0.600. The van der Waals surface area contributed by atoms with Gasteiger partial charge in [0.2, 0.25) is 0 Å². The maximum atomic E-state index is 9.79. The first-order chi connectivity index (χ1) is 8.49. The van der Waals surface area contributed by atoms with Gasteiger partial charge in [0.25, 0.3) is 0 Å². The van der Waals surface area contributed by atoms with Gasteiger partial charge in [-0.05, 0) is 61.9 Å². The van der Waals surface area contributed by atoms with Crippen molar-refractivity contribution in [3.05, 3.63) is 28.8 Å². The van der Waals surface area contributed by atoms with Crippen LogP contribution in [0, 0.1) is 13.8 Å². The van der Waals surface area contributed by atoms with Gasteiger partial charge >= 0.3 is 0 Å². The Hall–Kier alpha value is -1.06. The number of hydrogen-bond acceptors (Lipinski definition) is 3. The molecule has 0 heterocycles. The lowest BCUT2D eigenvalue weighted by Crippen LogP contribution is -2.25. The van der Waals surface area contributed by atoms with Crippen molar-refractivity contribution in [2.75, 3.05) is 7.11 Å². The molecule has 0 radical (unpaired) electrons. The molecule has 0 amide bonds. The van der Waals surface area contributed by atoms with E-state index in [1.807, 2.05) is 32.9 Å². The lowest BCUT2D eigenvalue weighted by Gasteiger charge is -2.18. The number of methoxy groups -OCH3 is 1. The molecule has 0 aromatic heterocycles. The molecular formula is C15H24O3. The predicted octanol–water partition coefficient (Wildman–Crippen LogP) is 2.38. The quantitative estimate of drug-likeness (QED) is 0.817. The minimum Gasteiger partial charge on any atom is -0.497 e. The zero-order valence-corrected chi connectivity index (χ0v) is 11.7. The molecular weight excluding hydrogens is 228 g/mol. The van der Waals surface area contributed by atoms with Gasteiger partial charge in [-0.1, -0.05) is 6.92 Å². The van der Waals surface area contributed by atoms with Crippen LogP contribution in [-0.4, -0.2) is 29.5 Å². The van der Waals surface area contributed by atoms with Crippen molar-refractivity contribution < 1.29 is 14.9 Å². The van der Waals surface area contributed by atoms with Crippen molar-refractivity contribution >= 4 is 0 Å². The summed E-state index contributed by atoms with van der Waals surface area (Å²) >= 11 is 0. The number of ether oxygens (including phenoxy) is 1. The van der Waals surface area contributed by atoms with E-state index in [2.05, 4.69) is 0 Å². The molecule has 3 nitrogen and oxygen atoms in total. The zero-order valence-electron chi connectivity index (χ0n) is 11.7. The number of rotatable bonds is 6. The Bertz CT molecular complexity index is 364. The van der Waals surface area contributed by atoms with Crippen LogP contribution < -0.4 is 4.74 Å². The van der Waals surface area contributed by atoms with Gasteiger partial charge in [-0.3, -0.25) is 0 Å². The first-order valence-electron chi connectivity index (χ1n) is 6.49. The molecule has 2 atom stereocenters. The van der Waals surface area contributed by atoms with E-state index in [0.29, 0.717) is 12.8 Å². The molecule has 102 valence electrons. The van der Waals surface area contributed by atoms with Crippen molar-refractivity contribution in [2.24, 2.45) is 0 Å². The van der Waals surface area contributed by atoms with E-state index in [9.17, 15) is 10.2 Å². The Morgan fingerprint density at radius 3 is 2.11 bits per heavy atom. The third kappa shape index (κ3) is 3.72. The topological polar surface area (TPSA) is 49.7 Å². The van der Waals surface area contributed by atoms with Crippen molar-refractivity contribution in [3.63, 3.8) is 0 Å². The minimum absolute atomic E-state index is 0.585. The van der Waals surface area contributed by atoms with Gasteiger partial charge < -0.3 is 14.9 Å². The summed E-state index contributed by atoms with van der Waals surface area (Å²) in [7, 11) is 1.66. The van der Waals surface area contributed by atoms with Gasteiger partial charge in [0.05, 0.1) is 19.3 Å². The standard InChI is InChI=1S/C15H24O3/c1-5-14(16)15(17)7-6-13-10(2)8-12(18-4)9-11(13)3/h8-9,14-17H,5-7H2,1-4H3. The van der Waals surface area contributed by atoms with Crippen molar-refractivity contribution in [3.8, 4) is 5.75 Å². The first kappa shape index (κ1) is 15.0. The Labute approximate surface area is 109 Å². The van der Waals surface area contributed by atoms with Gasteiger partial charge in [-0.25, -0.2) is 0 Å². The number of aryl methyl sites for hydroxylation is 2. The maximum absolute atomic E-state index is 9.79. The number of aliphatic hydroxyl groups excluding tert-OH is 2. The van der Waals surface area contributed by atoms with Crippen LogP contribution in [0.15, 0.2) is 12.1 Å². The van der Waals surface area contributed by atoms with E-state index < -0.39 is 12.2 Å². The highest BCUT2D eigenvalue weighted by Crippen LogP contribution is 2.23. The highest BCUT2D eigenvalue weighted by Gasteiger charge is 2.15. The third-order valence-electron chi connectivity index (χ3n) is 3.46. The predicted molar refractivity (Wildman–Crippen MR) is 73.1 cm³/mol. The van der Waals surface area contributed by atoms with E-state index in [1.165, 1.54) is 16.7 Å². The van der Waals surface area contributed by atoms with Crippen molar-refractivity contribution in [1.29, 1.82) is 0 Å². The average Bonchev–Trinajstić information content (AvgIpc) is 2.36. The largest absolute Gasteiger partial charge is 0.497 e. The van der Waals surface area contributed by atoms with Gasteiger partial charge in [-0.2, -0.15) is 0 Å². The summed E-state index contributed by atoms with van der Waals surface area (Å²) in [5.41, 5.74) is 3.58. The van der Waals surface area contributed by atoms with E-state index in [-0.39, 0.29) is 0 Å². The summed E-state index contributed by atoms with van der Waals surface area (Å²) in [5.74, 6) is 0.864. The lowest BCUT2D eigenvalue weighted by atomic mass is 9.95. The molecule has 0 aliphatic carbocycles. The molecule has 2 N–H and O–H groups in total. The fourth-order valence-corrected chi connectivity index (χ4v) is 2.22. The van der Waals surface area contributed by atoms with E-state index in [4.69, 9.17) is 4.74 Å². The summed E-state index contributed by atoms with van der Waals surface area (Å²) in [6, 6.07) is 4.01. The Morgan fingerprint density at radius 2 is 1.67 bits per heavy atom. The van der Waals surface area contributed by atoms with Crippen LogP contribution in [0.3, 0.4) is 0 Å². The normalized spacial score (nSPS) is 14.3. The monoisotopic (exact) mass is 252 g/mol. The molecule has 3 heteroatoms. The molecule has 0 fully saturated rings. The number of hydrogen-bond donors (Lipinski definition) is 2. The molecule has 0 spiro atoms. The Balaban J connectivity index is 2.73. The summed E-state index contributed by atoms with van der Waals surface area (Å²) in [4.78, 5) is 0. The summed E-state index contributed by atoms with van der Waals surface area (Å²) in [6.07, 6.45) is 0.685. The molecule has 0 saturated carbocycles. The molecule has 2 unspecified atom stereocenters. The molecule has 0 aliphatic heterocycles. The zero-order chi connectivity index (χ0) is 13.7. The van der Waals surface area contributed by atoms with Crippen LogP contribution in [-0.2, 0) is 6.42 Å². The Morgan fingerprint density at radius 1 is 1.11 bits per heavy atom. The lowest BCUT2D eigenvalue weighted by molar-refractivity contribution is 0.0130. The molecule has 1 aromatic rings. The Kier molecular flexibility index (Phi) is 5.63. The fourth-order valence-electron chi connectivity index (χ4n) is 2.22. The molecule has 0 bridgehead atoms. The minimum atomic E-state index is -0.643. The molecule has 0 aliphatic rings. The van der Waals surface area contributed by atoms with E-state index in [0.717, 1.165) is 12.2 Å². The summed E-state index contributed by atoms with van der Waals surface area (Å²) in [5, 5.41) is 19.3. The number of aliphatic hydroxyl groups is 2. The first-order valence-corrected chi connectivity index (χ1v) is 6.49. The van der Waals surface area contributed by atoms with Crippen molar-refractivity contribution in [2.45, 2.75) is 52.2 Å². The molecule has 0 saturated heterocycles. The molecule has 1 rings (SSSR count). The van der Waals surface area contributed by atoms with Crippen LogP contribution in [0.25, 0.3) is 0 Å². The van der Waals surface area contributed by atoms with E-state index >= 15 is 0 Å². The maximum Gasteiger partial charge on any atom is 0.119 e. The third-order valence-corrected chi connectivity index (χ3v) is 3.46. The summed E-state index contributed by atoms with van der Waals surface area (Å²) in [6.45, 7) is 5.97. The van der Waals surface area contributed by atoms with Crippen LogP contribution in [0.4, 0.5) is 0 Å². The van der Waals surface area contributed by atoms with Crippen LogP contribution >= 0.6 is 0 Å². The second-order valence-electron chi connectivity index (χ2n) is 4.82. The van der Waals surface area contributed by atoms with Gasteiger partial charge in [0, 0.05) is 0 Å². The van der Waals surface area contributed by atoms with Crippen LogP contribution in [0.2, 0.25) is 0 Å². The SMILES string of the molecule is CCC(O)C(O)CCc1c(C)cc(OC)cc1C. The second kappa shape index (κ2) is 6.76. The summed E-state index contributed by atoms with van der Waals surface area (Å²) < 4.78 is 5.22. The highest BCUT2D eigenvalue weighted by atomic mass is 16.5. The highest BCUT2D eigenvalue weighted by molar-refractivity contribution is 5.41. The molecule has 1 aromatic carbocycles. The van der Waals surface area contributed by atoms with Crippen molar-refractivity contribution in [1.82, 2.24) is 0 Å². The number of benzene rings is 1. The second-order valence-corrected chi connectivity index (χ2v) is 4.82. The molecule has 18 heavy (non-hydrogen) atoms. The van der Waals surface area contributed by atoms with Gasteiger partial charge in [-0.15, -0.1) is 0 Å². The average molecular weight is 252 g/mol. The van der Waals surface area contributed by atoms with Gasteiger partial charge in [0.15, 0.2) is 0 Å². The van der Waals surface area contributed by atoms with Crippen LogP contribution in [0.1, 0.15) is 36.5 Å². The van der Waals surface area contributed by atoms with E-state index in [1.54, 1.807) is 7.11 Å². The van der Waals surface area contributed by atoms with Crippen LogP contribution in [0.5, 0.6) is 5.75 Å². The van der Waals surface area contributed by atoms with Gasteiger partial charge in [0.1, 0.15) is 5.75 Å². The smallest absolute Gasteiger partial charge is 0.119 e.